The smallest absolute Gasteiger partial charge is 0.344 e. The van der Waals surface area contributed by atoms with E-state index in [2.05, 4.69) is 16.1 Å². The molecule has 0 N–H and O–H groups in total. The van der Waals surface area contributed by atoms with Crippen LogP contribution in [0.3, 0.4) is 0 Å². The van der Waals surface area contributed by atoms with Crippen molar-refractivity contribution in [2.75, 3.05) is 19.8 Å². The van der Waals surface area contributed by atoms with Crippen molar-refractivity contribution in [3.8, 4) is 0 Å². The summed E-state index contributed by atoms with van der Waals surface area (Å²) in [5, 5.41) is 0. The largest absolute Gasteiger partial charge is 0.460 e. The van der Waals surface area contributed by atoms with E-state index in [1.54, 1.807) is 0 Å². The van der Waals surface area contributed by atoms with Gasteiger partial charge in [-0.05, 0) is 19.1 Å². The molecule has 0 unspecified atom stereocenters. The Morgan fingerprint density at radius 3 is 2.08 bits per heavy atom. The Labute approximate surface area is 139 Å². The predicted molar refractivity (Wildman–Crippen MR) is 82.4 cm³/mol. The third-order valence-corrected chi connectivity index (χ3v) is 2.20. The number of ether oxygens (including phenoxy) is 4. The van der Waals surface area contributed by atoms with E-state index in [0.29, 0.717) is 0 Å². The fourth-order valence-electron chi connectivity index (χ4n) is 1.27. The molecule has 0 aromatic heterocycles. The summed E-state index contributed by atoms with van der Waals surface area (Å²) >= 11 is 0. The Hall–Kier alpha value is -2.90. The minimum absolute atomic E-state index is 0.139. The van der Waals surface area contributed by atoms with Gasteiger partial charge in [-0.15, -0.1) is 0 Å². The first-order chi connectivity index (χ1) is 11.3. The quantitative estimate of drug-likeness (QED) is 0.154. The molecule has 132 valence electrons. The second-order valence-electron chi connectivity index (χ2n) is 4.36. The van der Waals surface area contributed by atoms with Crippen LogP contribution in [0.15, 0.2) is 36.1 Å². The van der Waals surface area contributed by atoms with Crippen LogP contribution in [0, 0.1) is 0 Å². The van der Waals surface area contributed by atoms with E-state index in [1.807, 2.05) is 0 Å². The molecule has 0 aliphatic heterocycles. The highest BCUT2D eigenvalue weighted by Crippen LogP contribution is 2.07. The van der Waals surface area contributed by atoms with E-state index < -0.39 is 30.5 Å². The Bertz CT molecular complexity index is 556. The number of esters is 4. The lowest BCUT2D eigenvalue weighted by molar-refractivity contribution is -0.159. The van der Waals surface area contributed by atoms with E-state index in [1.165, 1.54) is 32.1 Å². The summed E-state index contributed by atoms with van der Waals surface area (Å²) in [4.78, 5) is 44.3. The van der Waals surface area contributed by atoms with E-state index in [9.17, 15) is 19.2 Å². The molecule has 8 nitrogen and oxygen atoms in total. The highest BCUT2D eigenvalue weighted by molar-refractivity contribution is 5.88. The van der Waals surface area contributed by atoms with Gasteiger partial charge in [0.05, 0.1) is 0 Å². The van der Waals surface area contributed by atoms with Gasteiger partial charge in [-0.2, -0.15) is 0 Å². The van der Waals surface area contributed by atoms with Crippen molar-refractivity contribution in [3.63, 3.8) is 0 Å². The maximum absolute atomic E-state index is 11.7. The third kappa shape index (κ3) is 10.8. The van der Waals surface area contributed by atoms with Gasteiger partial charge in [0.25, 0.3) is 0 Å². The highest BCUT2D eigenvalue weighted by Gasteiger charge is 2.09. The van der Waals surface area contributed by atoms with Gasteiger partial charge in [-0.25, -0.2) is 9.59 Å². The minimum atomic E-state index is -0.750. The minimum Gasteiger partial charge on any atom is -0.460 e. The Kier molecular flexibility index (Phi) is 10.2. The van der Waals surface area contributed by atoms with Gasteiger partial charge in [0.15, 0.2) is 6.61 Å². The van der Waals surface area contributed by atoms with Crippen LogP contribution in [0.25, 0.3) is 0 Å². The molecular weight excluding hydrogens is 320 g/mol. The predicted octanol–water partition coefficient (Wildman–Crippen LogP) is 1.22. The van der Waals surface area contributed by atoms with Crippen molar-refractivity contribution in [2.24, 2.45) is 0 Å². The Morgan fingerprint density at radius 2 is 1.54 bits per heavy atom. The number of hydrogen-bond acceptors (Lipinski definition) is 8. The van der Waals surface area contributed by atoms with E-state index >= 15 is 0 Å². The number of allylic oxidation sites excluding steroid dienone is 3. The van der Waals surface area contributed by atoms with Gasteiger partial charge < -0.3 is 18.9 Å². The molecule has 0 aromatic rings. The Balaban J connectivity index is 4.30. The molecule has 0 atom stereocenters. The van der Waals surface area contributed by atoms with Gasteiger partial charge >= 0.3 is 23.9 Å². The summed E-state index contributed by atoms with van der Waals surface area (Å²) in [6.07, 6.45) is 4.13. The molecule has 24 heavy (non-hydrogen) atoms. The first-order valence-corrected chi connectivity index (χ1v) is 6.91. The first kappa shape index (κ1) is 21.1. The summed E-state index contributed by atoms with van der Waals surface area (Å²) in [7, 11) is 0. The van der Waals surface area contributed by atoms with E-state index in [4.69, 9.17) is 9.47 Å². The fraction of sp³-hybridized carbons (Fsp3) is 0.375. The zero-order valence-electron chi connectivity index (χ0n) is 13.8. The van der Waals surface area contributed by atoms with Crippen LogP contribution >= 0.6 is 0 Å². The summed E-state index contributed by atoms with van der Waals surface area (Å²) in [5.74, 6) is -2.43. The standard InChI is InChI=1S/C16H20O8/c1-5-6-14(24-13(4)18)9-11(2)16(20)22-8-7-21-15(19)10-23-12(3)17/h5-6,9H,1,7-8,10H2,2-4H3. The average Bonchev–Trinajstić information content (AvgIpc) is 2.48. The highest BCUT2D eigenvalue weighted by atomic mass is 16.6. The summed E-state index contributed by atoms with van der Waals surface area (Å²) in [5.41, 5.74) is 0.176. The second kappa shape index (κ2) is 11.6. The molecule has 0 bridgehead atoms. The fourth-order valence-corrected chi connectivity index (χ4v) is 1.27. The van der Waals surface area contributed by atoms with Crippen molar-refractivity contribution in [2.45, 2.75) is 20.8 Å². The second-order valence-corrected chi connectivity index (χ2v) is 4.36. The van der Waals surface area contributed by atoms with Crippen molar-refractivity contribution >= 4 is 23.9 Å². The molecular formula is C16H20O8. The monoisotopic (exact) mass is 340 g/mol. The van der Waals surface area contributed by atoms with Crippen molar-refractivity contribution in [1.82, 2.24) is 0 Å². The van der Waals surface area contributed by atoms with Crippen LogP contribution < -0.4 is 0 Å². The molecule has 0 aliphatic carbocycles. The zero-order chi connectivity index (χ0) is 18.5. The van der Waals surface area contributed by atoms with E-state index in [-0.39, 0.29) is 24.5 Å². The molecule has 8 heteroatoms. The lowest BCUT2D eigenvalue weighted by Crippen LogP contribution is -2.18. The van der Waals surface area contributed by atoms with Crippen LogP contribution in [-0.4, -0.2) is 43.7 Å². The number of hydrogen-bond donors (Lipinski definition) is 0. The molecule has 0 fully saturated rings. The summed E-state index contributed by atoms with van der Waals surface area (Å²) in [6, 6.07) is 0. The lowest BCUT2D eigenvalue weighted by Gasteiger charge is -2.07. The van der Waals surface area contributed by atoms with Gasteiger partial charge in [0, 0.05) is 19.4 Å². The van der Waals surface area contributed by atoms with Crippen molar-refractivity contribution < 1.29 is 38.1 Å². The van der Waals surface area contributed by atoms with Gasteiger partial charge in [0.1, 0.15) is 19.0 Å². The molecule has 0 saturated carbocycles. The van der Waals surface area contributed by atoms with Crippen LogP contribution in [0.4, 0.5) is 0 Å². The molecule has 0 rings (SSSR count). The third-order valence-electron chi connectivity index (χ3n) is 2.20. The number of rotatable bonds is 9. The van der Waals surface area contributed by atoms with Gasteiger partial charge in [0.2, 0.25) is 0 Å². The molecule has 0 aromatic carbocycles. The number of carbonyl (C=O) groups is 4. The van der Waals surface area contributed by atoms with Crippen LogP contribution in [-0.2, 0) is 38.1 Å². The van der Waals surface area contributed by atoms with Gasteiger partial charge in [-0.3, -0.25) is 9.59 Å². The van der Waals surface area contributed by atoms with E-state index in [0.717, 1.165) is 6.92 Å². The lowest BCUT2D eigenvalue weighted by atomic mass is 10.2. The molecule has 0 aliphatic rings. The summed E-state index contributed by atoms with van der Waals surface area (Å²) < 4.78 is 18.9. The van der Waals surface area contributed by atoms with Crippen LogP contribution in [0.5, 0.6) is 0 Å². The van der Waals surface area contributed by atoms with Crippen LogP contribution in [0.1, 0.15) is 20.8 Å². The first-order valence-electron chi connectivity index (χ1n) is 6.91. The summed E-state index contributed by atoms with van der Waals surface area (Å²) in [6.45, 7) is 6.47. The van der Waals surface area contributed by atoms with Crippen molar-refractivity contribution in [1.29, 1.82) is 0 Å². The maximum Gasteiger partial charge on any atom is 0.344 e. The molecule has 0 radical (unpaired) electrons. The normalized spacial score (nSPS) is 11.3. The Morgan fingerprint density at radius 1 is 0.917 bits per heavy atom. The van der Waals surface area contributed by atoms with Gasteiger partial charge in [-0.1, -0.05) is 12.7 Å². The topological polar surface area (TPSA) is 105 Å². The maximum atomic E-state index is 11.7. The van der Waals surface area contributed by atoms with Crippen LogP contribution in [0.2, 0.25) is 0 Å². The molecule has 0 heterocycles. The SMILES string of the molecule is C=CC=C(C=C(C)C(=O)OCCOC(=O)COC(C)=O)OC(C)=O. The zero-order valence-corrected chi connectivity index (χ0v) is 13.8. The average molecular weight is 340 g/mol. The molecule has 0 amide bonds. The number of carbonyl (C=O) groups excluding carboxylic acids is 4. The van der Waals surface area contributed by atoms with Crippen molar-refractivity contribution in [3.05, 3.63) is 36.1 Å². The molecule has 0 spiro atoms. The molecule has 0 saturated heterocycles.